The van der Waals surface area contributed by atoms with Gasteiger partial charge in [-0.3, -0.25) is 14.9 Å². The van der Waals surface area contributed by atoms with Crippen LogP contribution in [0, 0.1) is 12.1 Å². The molecular formula is C35H33N3O9. The number of hydrogen-bond acceptors (Lipinski definition) is 9. The lowest BCUT2D eigenvalue weighted by atomic mass is 10.1. The molecule has 3 amide bonds. The first-order valence-electron chi connectivity index (χ1n) is 14.2. The zero-order chi connectivity index (χ0) is 34.1. The number of amides is 3. The van der Waals surface area contributed by atoms with Crippen molar-refractivity contribution in [2.24, 2.45) is 0 Å². The van der Waals surface area contributed by atoms with Gasteiger partial charge in [-0.2, -0.15) is 0 Å². The van der Waals surface area contributed by atoms with Gasteiger partial charge in [0.25, 0.3) is 11.8 Å². The molecule has 0 aliphatic heterocycles. The van der Waals surface area contributed by atoms with E-state index in [0.717, 1.165) is 0 Å². The number of phenols is 1. The zero-order valence-electron chi connectivity index (χ0n) is 26.3. The number of nitrogens with one attached hydrogen (secondary N) is 3. The molecule has 4 aromatic carbocycles. The number of ether oxygens (including phenoxy) is 4. The average molecular weight is 640 g/mol. The first-order valence-corrected chi connectivity index (χ1v) is 14.2. The summed E-state index contributed by atoms with van der Waals surface area (Å²) >= 11 is 0. The van der Waals surface area contributed by atoms with Crippen LogP contribution in [0.3, 0.4) is 0 Å². The van der Waals surface area contributed by atoms with Crippen molar-refractivity contribution in [1.29, 1.82) is 0 Å². The molecule has 12 nitrogen and oxygen atoms in total. The number of carbonyl (C=O) groups excluding carboxylic acids is 4. The molecule has 0 radical (unpaired) electrons. The second kappa shape index (κ2) is 14.7. The summed E-state index contributed by atoms with van der Waals surface area (Å²) in [6.45, 7) is 5.27. The summed E-state index contributed by atoms with van der Waals surface area (Å²) in [5, 5.41) is 18.3. The molecule has 4 rings (SSSR count). The third-order valence-electron chi connectivity index (χ3n) is 6.35. The fourth-order valence-electron chi connectivity index (χ4n) is 4.13. The van der Waals surface area contributed by atoms with Gasteiger partial charge in [0.15, 0.2) is 0 Å². The Balaban J connectivity index is 1.56. The molecule has 242 valence electrons. The molecule has 4 aromatic rings. The van der Waals surface area contributed by atoms with Gasteiger partial charge in [0.05, 0.1) is 36.8 Å². The number of anilines is 3. The van der Waals surface area contributed by atoms with Crippen LogP contribution in [0.25, 0.3) is 0 Å². The molecule has 4 N–H and O–H groups in total. The van der Waals surface area contributed by atoms with Gasteiger partial charge >= 0.3 is 12.1 Å². The minimum Gasteiger partial charge on any atom is -0.506 e. The van der Waals surface area contributed by atoms with Crippen molar-refractivity contribution in [2.45, 2.75) is 33.0 Å². The Morgan fingerprint density at radius 3 is 1.94 bits per heavy atom. The third-order valence-corrected chi connectivity index (χ3v) is 6.35. The number of hydrogen-bond donors (Lipinski definition) is 4. The summed E-state index contributed by atoms with van der Waals surface area (Å²) in [6, 6.07) is 23.8. The number of benzene rings is 3. The van der Waals surface area contributed by atoms with Crippen LogP contribution in [-0.4, -0.2) is 48.8 Å². The predicted octanol–water partition coefficient (Wildman–Crippen LogP) is 6.22. The molecular weight excluding hydrogens is 606 g/mol. The van der Waals surface area contributed by atoms with E-state index < -0.39 is 29.5 Å². The van der Waals surface area contributed by atoms with Crippen LogP contribution in [0.5, 0.6) is 17.2 Å². The molecule has 0 fully saturated rings. The van der Waals surface area contributed by atoms with Gasteiger partial charge in [-0.25, -0.2) is 9.59 Å². The lowest BCUT2D eigenvalue weighted by Gasteiger charge is -2.20. The molecule has 0 saturated heterocycles. The van der Waals surface area contributed by atoms with E-state index in [0.29, 0.717) is 11.3 Å². The summed E-state index contributed by atoms with van der Waals surface area (Å²) in [5.74, 6) is -1.69. The van der Waals surface area contributed by atoms with Crippen molar-refractivity contribution in [3.63, 3.8) is 0 Å². The largest absolute Gasteiger partial charge is 0.506 e. The van der Waals surface area contributed by atoms with Crippen molar-refractivity contribution in [3.8, 4) is 17.2 Å². The van der Waals surface area contributed by atoms with Crippen molar-refractivity contribution in [3.05, 3.63) is 107 Å². The monoisotopic (exact) mass is 639 g/mol. The minimum atomic E-state index is -0.705. The lowest BCUT2D eigenvalue weighted by molar-refractivity contribution is 0.0597. The highest BCUT2D eigenvalue weighted by Crippen LogP contribution is 2.31. The summed E-state index contributed by atoms with van der Waals surface area (Å²) in [6.07, 6.45) is -0.680. The van der Waals surface area contributed by atoms with E-state index in [2.05, 4.69) is 32.8 Å². The number of phenolic OH excluding ortho intramolecular Hbond substituents is 1. The normalized spacial score (nSPS) is 10.6. The first kappa shape index (κ1) is 33.7. The van der Waals surface area contributed by atoms with Gasteiger partial charge in [0.2, 0.25) is 0 Å². The minimum absolute atomic E-state index is 0.0555. The molecule has 0 aromatic heterocycles. The Morgan fingerprint density at radius 1 is 0.766 bits per heavy atom. The fraction of sp³-hybridized carbons (Fsp3) is 0.200. The number of aromatic hydroxyl groups is 1. The highest BCUT2D eigenvalue weighted by Gasteiger charge is 2.20. The van der Waals surface area contributed by atoms with E-state index in [1.807, 2.05) is 0 Å². The SMILES string of the molecule is COC(=O)c1ccc(NC(=O)c2ccc(NC(=O)c3ccc(NC(=O)OC(C)(C)C)c(OC)c3)c(OCc3c#cccc3)c2)c(O)c1. The Morgan fingerprint density at radius 2 is 1.36 bits per heavy atom. The van der Waals surface area contributed by atoms with Crippen LogP contribution in [-0.2, 0) is 16.1 Å². The number of methoxy groups -OCH3 is 2. The number of carbonyl (C=O) groups is 4. The Hall–Kier alpha value is -6.22. The summed E-state index contributed by atoms with van der Waals surface area (Å²) < 4.78 is 21.3. The van der Waals surface area contributed by atoms with Gasteiger partial charge in [0, 0.05) is 16.7 Å². The molecule has 0 heterocycles. The highest BCUT2D eigenvalue weighted by atomic mass is 16.6. The first-order chi connectivity index (χ1) is 22.4. The maximum absolute atomic E-state index is 13.3. The Labute approximate surface area is 271 Å². The van der Waals surface area contributed by atoms with Crippen LogP contribution < -0.4 is 25.4 Å². The van der Waals surface area contributed by atoms with E-state index in [1.54, 1.807) is 39.0 Å². The molecule has 0 unspecified atom stereocenters. The van der Waals surface area contributed by atoms with E-state index in [-0.39, 0.29) is 51.9 Å². The van der Waals surface area contributed by atoms with Crippen LogP contribution in [0.2, 0.25) is 0 Å². The van der Waals surface area contributed by atoms with Gasteiger partial charge in [-0.15, -0.1) is 0 Å². The van der Waals surface area contributed by atoms with Crippen LogP contribution in [0.4, 0.5) is 21.9 Å². The average Bonchev–Trinajstić information content (AvgIpc) is 3.04. The predicted molar refractivity (Wildman–Crippen MR) is 173 cm³/mol. The van der Waals surface area contributed by atoms with E-state index in [9.17, 15) is 24.3 Å². The van der Waals surface area contributed by atoms with Crippen LogP contribution in [0.1, 0.15) is 57.4 Å². The topological polar surface area (TPSA) is 162 Å². The van der Waals surface area contributed by atoms with Crippen LogP contribution >= 0.6 is 0 Å². The quantitative estimate of drug-likeness (QED) is 0.117. The maximum Gasteiger partial charge on any atom is 0.412 e. The van der Waals surface area contributed by atoms with Gasteiger partial charge < -0.3 is 34.7 Å². The van der Waals surface area contributed by atoms with E-state index in [1.165, 1.54) is 68.8 Å². The summed E-state index contributed by atoms with van der Waals surface area (Å²) in [7, 11) is 2.62. The van der Waals surface area contributed by atoms with E-state index in [4.69, 9.17) is 14.2 Å². The molecule has 12 heteroatoms. The molecule has 0 saturated carbocycles. The van der Waals surface area contributed by atoms with Crippen molar-refractivity contribution in [2.75, 3.05) is 30.2 Å². The molecule has 0 aliphatic rings. The van der Waals surface area contributed by atoms with Crippen LogP contribution in [0.15, 0.2) is 72.8 Å². The second-order valence-electron chi connectivity index (χ2n) is 11.0. The smallest absolute Gasteiger partial charge is 0.412 e. The fourth-order valence-corrected chi connectivity index (χ4v) is 4.13. The standard InChI is InChI=1S/C35H33N3O9/c1-35(2,3)47-34(43)38-26-15-11-22(18-29(26)44-4)32(41)37-27-16-12-23(19-30(27)46-20-21-9-7-6-8-10-21)31(40)36-25-14-13-24(17-28(25)39)33(42)45-5/h6-7,9,11-19,39H,20H2,1-5H3,(H,36,40)(H,37,41)(H,38,43). The maximum atomic E-state index is 13.3. The van der Waals surface area contributed by atoms with Gasteiger partial charge in [-0.05, 0) is 87.5 Å². The molecule has 0 bridgehead atoms. The van der Waals surface area contributed by atoms with Gasteiger partial charge in [0.1, 0.15) is 29.5 Å². The Kier molecular flexibility index (Phi) is 10.5. The molecule has 0 atom stereocenters. The summed E-state index contributed by atoms with van der Waals surface area (Å²) in [4.78, 5) is 50.5. The summed E-state index contributed by atoms with van der Waals surface area (Å²) in [5.41, 5.74) is 1.07. The van der Waals surface area contributed by atoms with Gasteiger partial charge in [-0.1, -0.05) is 18.2 Å². The molecule has 0 aliphatic carbocycles. The highest BCUT2D eigenvalue weighted by molar-refractivity contribution is 6.08. The van der Waals surface area contributed by atoms with Crippen molar-refractivity contribution < 1.29 is 43.2 Å². The Bertz CT molecular complexity index is 1780. The molecule has 0 spiro atoms. The third kappa shape index (κ3) is 9.15. The van der Waals surface area contributed by atoms with Crippen molar-refractivity contribution >= 4 is 40.9 Å². The zero-order valence-corrected chi connectivity index (χ0v) is 26.3. The molecule has 47 heavy (non-hydrogen) atoms. The second-order valence-corrected chi connectivity index (χ2v) is 11.0. The lowest BCUT2D eigenvalue weighted by Crippen LogP contribution is -2.27. The number of esters is 1. The number of rotatable bonds is 10. The van der Waals surface area contributed by atoms with E-state index >= 15 is 0 Å². The van der Waals surface area contributed by atoms with Crippen molar-refractivity contribution in [1.82, 2.24) is 0 Å².